The first-order chi connectivity index (χ1) is 11.9. The van der Waals surface area contributed by atoms with Crippen LogP contribution in [0.3, 0.4) is 0 Å². The van der Waals surface area contributed by atoms with Crippen LogP contribution in [0, 0.1) is 25.2 Å². The lowest BCUT2D eigenvalue weighted by atomic mass is 9.99. The van der Waals surface area contributed by atoms with Gasteiger partial charge in [0.1, 0.15) is 11.6 Å². The average Bonchev–Trinajstić information content (AvgIpc) is 2.55. The fraction of sp³-hybridized carbons (Fsp3) is 0.611. The highest BCUT2D eigenvalue weighted by atomic mass is 16.5. The lowest BCUT2D eigenvalue weighted by Crippen LogP contribution is -2.46. The third-order valence-corrected chi connectivity index (χ3v) is 4.57. The number of pyridine rings is 1. The third-order valence-electron chi connectivity index (χ3n) is 4.57. The van der Waals surface area contributed by atoms with Crippen molar-refractivity contribution in [3.63, 3.8) is 0 Å². The van der Waals surface area contributed by atoms with E-state index in [0.29, 0.717) is 18.4 Å². The molecule has 7 heteroatoms. The normalized spacial score (nSPS) is 16.2. The summed E-state index contributed by atoms with van der Waals surface area (Å²) < 4.78 is 5.32. The predicted octanol–water partition coefficient (Wildman–Crippen LogP) is 0.633. The number of aromatic nitrogens is 1. The van der Waals surface area contributed by atoms with Crippen LogP contribution in [0.15, 0.2) is 4.79 Å². The number of rotatable bonds is 6. The average molecular weight is 346 g/mol. The second kappa shape index (κ2) is 8.79. The van der Waals surface area contributed by atoms with Crippen LogP contribution in [-0.4, -0.2) is 54.7 Å². The number of nitriles is 1. The summed E-state index contributed by atoms with van der Waals surface area (Å²) in [6, 6.07) is 2.00. The van der Waals surface area contributed by atoms with Gasteiger partial charge in [0.15, 0.2) is 0 Å². The zero-order chi connectivity index (χ0) is 18.4. The third kappa shape index (κ3) is 5.15. The van der Waals surface area contributed by atoms with Crippen LogP contribution in [0.4, 0.5) is 0 Å². The van der Waals surface area contributed by atoms with E-state index in [1.807, 2.05) is 13.0 Å². The van der Waals surface area contributed by atoms with Gasteiger partial charge in [0, 0.05) is 37.8 Å². The number of aromatic amines is 1. The molecular weight excluding hydrogens is 320 g/mol. The van der Waals surface area contributed by atoms with Crippen LogP contribution < -0.4 is 10.9 Å². The smallest absolute Gasteiger partial charge is 0.266 e. The number of nitrogens with one attached hydrogen (secondary N) is 2. The highest BCUT2D eigenvalue weighted by Gasteiger charge is 2.17. The standard InChI is InChI=1S/C18H26N4O3/c1-12(11-22-6-8-25-9-7-22)20-17(23)5-4-15-13(2)16(10-19)18(24)21-14(15)3/h12H,4-9,11H2,1-3H3,(H,20,23)(H,21,24)/t12-/m1/s1. The fourth-order valence-corrected chi connectivity index (χ4v) is 3.22. The fourth-order valence-electron chi connectivity index (χ4n) is 3.22. The van der Waals surface area contributed by atoms with Gasteiger partial charge < -0.3 is 15.0 Å². The molecule has 1 amide bonds. The number of aryl methyl sites for hydroxylation is 1. The number of morpholine rings is 1. The summed E-state index contributed by atoms with van der Waals surface area (Å²) in [4.78, 5) is 28.9. The van der Waals surface area contributed by atoms with Gasteiger partial charge >= 0.3 is 0 Å². The number of hydrogen-bond acceptors (Lipinski definition) is 5. The first kappa shape index (κ1) is 19.2. The van der Waals surface area contributed by atoms with Crippen molar-refractivity contribution in [3.8, 4) is 6.07 Å². The summed E-state index contributed by atoms with van der Waals surface area (Å²) in [6.45, 7) is 9.64. The SMILES string of the molecule is Cc1[nH]c(=O)c(C#N)c(C)c1CCC(=O)N[C@H](C)CN1CCOCC1. The molecule has 0 aromatic carbocycles. The quantitative estimate of drug-likeness (QED) is 0.787. The Hall–Kier alpha value is -2.17. The zero-order valence-electron chi connectivity index (χ0n) is 15.1. The van der Waals surface area contributed by atoms with Crippen molar-refractivity contribution in [2.45, 2.75) is 39.7 Å². The molecular formula is C18H26N4O3. The number of amides is 1. The van der Waals surface area contributed by atoms with E-state index in [1.165, 1.54) is 0 Å². The molecule has 1 aliphatic rings. The van der Waals surface area contributed by atoms with Gasteiger partial charge in [-0.1, -0.05) is 0 Å². The van der Waals surface area contributed by atoms with E-state index in [0.717, 1.165) is 44.1 Å². The Balaban J connectivity index is 1.89. The molecule has 1 aromatic heterocycles. The van der Waals surface area contributed by atoms with Crippen molar-refractivity contribution in [1.82, 2.24) is 15.2 Å². The Kier molecular flexibility index (Phi) is 6.73. The Morgan fingerprint density at radius 2 is 2.08 bits per heavy atom. The maximum atomic E-state index is 12.2. The summed E-state index contributed by atoms with van der Waals surface area (Å²) in [6.07, 6.45) is 0.825. The van der Waals surface area contributed by atoms with Crippen molar-refractivity contribution in [3.05, 3.63) is 32.7 Å². The largest absolute Gasteiger partial charge is 0.379 e. The van der Waals surface area contributed by atoms with E-state index >= 15 is 0 Å². The molecule has 1 fully saturated rings. The zero-order valence-corrected chi connectivity index (χ0v) is 15.1. The van der Waals surface area contributed by atoms with E-state index in [1.54, 1.807) is 13.8 Å². The molecule has 0 spiro atoms. The minimum Gasteiger partial charge on any atom is -0.379 e. The van der Waals surface area contributed by atoms with E-state index < -0.39 is 0 Å². The molecule has 0 aliphatic carbocycles. The summed E-state index contributed by atoms with van der Waals surface area (Å²) >= 11 is 0. The second-order valence-corrected chi connectivity index (χ2v) is 6.55. The van der Waals surface area contributed by atoms with Gasteiger partial charge in [-0.3, -0.25) is 14.5 Å². The lowest BCUT2D eigenvalue weighted by molar-refractivity contribution is -0.121. The molecule has 1 saturated heterocycles. The number of hydrogen-bond donors (Lipinski definition) is 2. The number of carbonyl (C=O) groups is 1. The first-order valence-electron chi connectivity index (χ1n) is 8.64. The van der Waals surface area contributed by atoms with Crippen molar-refractivity contribution >= 4 is 5.91 Å². The molecule has 2 rings (SSSR count). The molecule has 2 heterocycles. The van der Waals surface area contributed by atoms with Gasteiger partial charge in [0.2, 0.25) is 5.91 Å². The minimum absolute atomic E-state index is 0.0238. The van der Waals surface area contributed by atoms with Gasteiger partial charge in [-0.25, -0.2) is 0 Å². The molecule has 0 radical (unpaired) electrons. The maximum Gasteiger partial charge on any atom is 0.266 e. The van der Waals surface area contributed by atoms with Crippen LogP contribution in [-0.2, 0) is 16.0 Å². The highest BCUT2D eigenvalue weighted by Crippen LogP contribution is 2.15. The highest BCUT2D eigenvalue weighted by molar-refractivity contribution is 5.76. The number of carbonyl (C=O) groups excluding carboxylic acids is 1. The molecule has 2 N–H and O–H groups in total. The van der Waals surface area contributed by atoms with Gasteiger partial charge in [-0.05, 0) is 38.3 Å². The van der Waals surface area contributed by atoms with Gasteiger partial charge in [0.05, 0.1) is 13.2 Å². The van der Waals surface area contributed by atoms with Crippen molar-refractivity contribution in [1.29, 1.82) is 5.26 Å². The van der Waals surface area contributed by atoms with Crippen molar-refractivity contribution < 1.29 is 9.53 Å². The molecule has 1 aromatic rings. The van der Waals surface area contributed by atoms with Crippen LogP contribution in [0.5, 0.6) is 0 Å². The Morgan fingerprint density at radius 3 is 2.72 bits per heavy atom. The maximum absolute atomic E-state index is 12.2. The Labute approximate surface area is 148 Å². The van der Waals surface area contributed by atoms with Gasteiger partial charge in [-0.15, -0.1) is 0 Å². The summed E-state index contributed by atoms with van der Waals surface area (Å²) in [7, 11) is 0. The molecule has 0 unspecified atom stereocenters. The van der Waals surface area contributed by atoms with Crippen molar-refractivity contribution in [2.24, 2.45) is 0 Å². The van der Waals surface area contributed by atoms with E-state index in [4.69, 9.17) is 10.00 Å². The number of ether oxygens (including phenoxy) is 1. The van der Waals surface area contributed by atoms with E-state index in [9.17, 15) is 9.59 Å². The van der Waals surface area contributed by atoms with Crippen LogP contribution in [0.2, 0.25) is 0 Å². The summed E-state index contributed by atoms with van der Waals surface area (Å²) in [5.74, 6) is -0.0238. The van der Waals surface area contributed by atoms with Gasteiger partial charge in [-0.2, -0.15) is 5.26 Å². The van der Waals surface area contributed by atoms with Crippen LogP contribution in [0.25, 0.3) is 0 Å². The Bertz CT molecular complexity index is 714. The predicted molar refractivity (Wildman–Crippen MR) is 94.4 cm³/mol. The van der Waals surface area contributed by atoms with Crippen LogP contribution >= 0.6 is 0 Å². The second-order valence-electron chi connectivity index (χ2n) is 6.55. The molecule has 0 bridgehead atoms. The monoisotopic (exact) mass is 346 g/mol. The van der Waals surface area contributed by atoms with Gasteiger partial charge in [0.25, 0.3) is 5.56 Å². The van der Waals surface area contributed by atoms with E-state index in [2.05, 4.69) is 15.2 Å². The molecule has 25 heavy (non-hydrogen) atoms. The Morgan fingerprint density at radius 1 is 1.40 bits per heavy atom. The number of nitrogens with zero attached hydrogens (tertiary/aromatic N) is 2. The summed E-state index contributed by atoms with van der Waals surface area (Å²) in [5.41, 5.74) is 2.01. The lowest BCUT2D eigenvalue weighted by Gasteiger charge is -2.29. The number of H-pyrrole nitrogens is 1. The molecule has 1 atom stereocenters. The van der Waals surface area contributed by atoms with E-state index in [-0.39, 0.29) is 23.1 Å². The van der Waals surface area contributed by atoms with Crippen molar-refractivity contribution in [2.75, 3.05) is 32.8 Å². The minimum atomic E-state index is -0.371. The first-order valence-corrected chi connectivity index (χ1v) is 8.64. The summed E-state index contributed by atoms with van der Waals surface area (Å²) in [5, 5.41) is 12.1. The molecule has 136 valence electrons. The molecule has 7 nitrogen and oxygen atoms in total. The molecule has 1 aliphatic heterocycles. The topological polar surface area (TPSA) is 98.2 Å². The van der Waals surface area contributed by atoms with Crippen LogP contribution in [0.1, 0.15) is 35.7 Å². The molecule has 0 saturated carbocycles.